The molecule has 0 aromatic heterocycles. The van der Waals surface area contributed by atoms with Gasteiger partial charge in [-0.1, -0.05) is 0 Å². The molecule has 0 aliphatic carbocycles. The second-order valence-corrected chi connectivity index (χ2v) is 15.4. The van der Waals surface area contributed by atoms with Crippen LogP contribution in [0.25, 0.3) is 0 Å². The Bertz CT molecular complexity index is 3450. The van der Waals surface area contributed by atoms with Gasteiger partial charge in [0.1, 0.15) is 22.6 Å². The number of aromatic carboxylic acids is 5. The Labute approximate surface area is 463 Å². The summed E-state index contributed by atoms with van der Waals surface area (Å²) in [7, 11) is 0. The summed E-state index contributed by atoms with van der Waals surface area (Å²) in [6, 6.07) is 14.2. The lowest BCUT2D eigenvalue weighted by atomic mass is 10.1. The average Bonchev–Trinajstić information content (AvgIpc) is 1.99. The van der Waals surface area contributed by atoms with Crippen LogP contribution < -0.4 is 5.73 Å². The van der Waals surface area contributed by atoms with Crippen LogP contribution in [-0.4, -0.2) is 75.4 Å². The van der Waals surface area contributed by atoms with E-state index in [1.165, 1.54) is 0 Å². The van der Waals surface area contributed by atoms with Gasteiger partial charge >= 0.3 is 66.9 Å². The monoisotopic (exact) mass is 1260 g/mol. The number of nitrogen functional groups attached to an aromatic ring is 1. The molecule has 462 valence electrons. The first-order valence-corrected chi connectivity index (χ1v) is 21.2. The SMILES string of the molecule is N#Cc1ccc(C(F)(F)F)c(O)c1.Nc1cc(C(=O)O)ccc1C(F)(F)F.O=C(O)c1ccc(C(F)(F)F)c(O)c1.O=C(O)c1ccc(C(F)(F)F)c([N+](=O)[O-])c1.O=C(O)c1ccc(C(F)(F)F)cc1.O=C(O)c1ccc(C(F)(F)F)cc1[N+](=O)[O-]. The van der Waals surface area contributed by atoms with Gasteiger partial charge in [0, 0.05) is 17.8 Å². The number of phenolic OH excluding ortho intramolecular Hbond substituents is 2. The summed E-state index contributed by atoms with van der Waals surface area (Å²) >= 11 is 0. The molecule has 0 saturated heterocycles. The third kappa shape index (κ3) is 22.5. The van der Waals surface area contributed by atoms with Crippen LogP contribution in [0.2, 0.25) is 0 Å². The maximum absolute atomic E-state index is 12.3. The maximum Gasteiger partial charge on any atom is 0.422 e. The first kappa shape index (κ1) is 73.1. The summed E-state index contributed by atoms with van der Waals surface area (Å²) in [5.41, 5.74) is -7.04. The van der Waals surface area contributed by atoms with Gasteiger partial charge in [0.15, 0.2) is 0 Å². The van der Waals surface area contributed by atoms with E-state index in [0.29, 0.717) is 54.6 Å². The van der Waals surface area contributed by atoms with E-state index in [-0.39, 0.29) is 22.8 Å². The number of alkyl halides is 18. The number of halogens is 18. The van der Waals surface area contributed by atoms with E-state index in [2.05, 4.69) is 0 Å². The second kappa shape index (κ2) is 28.9. The maximum atomic E-state index is 12.3. The molecule has 0 atom stereocenters. The fraction of sp³-hybridized carbons (Fsp3) is 0.125. The van der Waals surface area contributed by atoms with Gasteiger partial charge in [-0.2, -0.15) is 84.3 Å². The number of rotatable bonds is 7. The Morgan fingerprint density at radius 3 is 1.06 bits per heavy atom. The van der Waals surface area contributed by atoms with Gasteiger partial charge < -0.3 is 41.5 Å². The normalized spacial score (nSPS) is 11.2. The van der Waals surface area contributed by atoms with Crippen LogP contribution in [0.4, 0.5) is 96.1 Å². The van der Waals surface area contributed by atoms with Crippen LogP contribution in [0.5, 0.6) is 11.5 Å². The zero-order chi connectivity index (χ0) is 67.0. The Morgan fingerprint density at radius 2 is 0.733 bits per heavy atom. The van der Waals surface area contributed by atoms with Crippen molar-refractivity contribution in [2.45, 2.75) is 37.1 Å². The minimum Gasteiger partial charge on any atom is -0.507 e. The molecule has 0 unspecified atom stereocenters. The van der Waals surface area contributed by atoms with Gasteiger partial charge in [0.2, 0.25) is 0 Å². The molecule has 0 fully saturated rings. The first-order valence-electron chi connectivity index (χ1n) is 21.2. The number of anilines is 1. The van der Waals surface area contributed by atoms with E-state index >= 15 is 0 Å². The lowest BCUT2D eigenvalue weighted by molar-refractivity contribution is -0.388. The van der Waals surface area contributed by atoms with Crippen molar-refractivity contribution in [2.75, 3.05) is 5.73 Å². The molecule has 6 aromatic rings. The number of hydrogen-bond donors (Lipinski definition) is 8. The van der Waals surface area contributed by atoms with Crippen LogP contribution in [0.3, 0.4) is 0 Å². The number of carbonyl (C=O) groups is 5. The zero-order valence-electron chi connectivity index (χ0n) is 41.0. The minimum atomic E-state index is -4.89. The third-order valence-electron chi connectivity index (χ3n) is 9.54. The lowest BCUT2D eigenvalue weighted by Gasteiger charge is -2.09. The number of nitro benzene ring substituents is 2. The Balaban J connectivity index is 0.000000517. The van der Waals surface area contributed by atoms with Crippen LogP contribution in [0, 0.1) is 31.6 Å². The largest absolute Gasteiger partial charge is 0.507 e. The van der Waals surface area contributed by atoms with E-state index in [9.17, 15) is 123 Å². The molecule has 6 rings (SSSR count). The minimum absolute atomic E-state index is 0.00880. The molecule has 0 heterocycles. The summed E-state index contributed by atoms with van der Waals surface area (Å²) in [6.45, 7) is 0. The highest BCUT2D eigenvalue weighted by molar-refractivity contribution is 5.92. The Kier molecular flexibility index (Phi) is 24.5. The number of phenols is 2. The molecule has 0 amide bonds. The summed E-state index contributed by atoms with van der Waals surface area (Å²) in [5.74, 6) is -9.14. The highest BCUT2D eigenvalue weighted by atomic mass is 19.4. The molecule has 0 saturated carbocycles. The molecule has 0 aliphatic rings. The number of benzene rings is 6. The highest BCUT2D eigenvalue weighted by Crippen LogP contribution is 2.39. The van der Waals surface area contributed by atoms with Gasteiger partial charge in [0.25, 0.3) is 11.4 Å². The predicted molar refractivity (Wildman–Crippen MR) is 249 cm³/mol. The fourth-order valence-corrected chi connectivity index (χ4v) is 5.60. The molecule has 38 heteroatoms. The van der Waals surface area contributed by atoms with Crippen LogP contribution >= 0.6 is 0 Å². The van der Waals surface area contributed by atoms with Crippen molar-refractivity contribution in [3.8, 4) is 17.6 Å². The number of aromatic hydroxyl groups is 2. The topological polar surface area (TPSA) is 363 Å². The molecule has 9 N–H and O–H groups in total. The molecule has 0 aliphatic heterocycles. The van der Waals surface area contributed by atoms with Gasteiger partial charge in [0.05, 0.1) is 71.6 Å². The third-order valence-corrected chi connectivity index (χ3v) is 9.54. The van der Waals surface area contributed by atoms with Crippen molar-refractivity contribution in [2.24, 2.45) is 0 Å². The molecular weight excluding hydrogens is 1230 g/mol. The van der Waals surface area contributed by atoms with Crippen molar-refractivity contribution in [3.05, 3.63) is 202 Å². The van der Waals surface area contributed by atoms with Crippen molar-refractivity contribution < 1.29 is 149 Å². The highest BCUT2D eigenvalue weighted by Gasteiger charge is 2.40. The van der Waals surface area contributed by atoms with E-state index in [4.69, 9.17) is 46.7 Å². The molecule has 86 heavy (non-hydrogen) atoms. The van der Waals surface area contributed by atoms with Gasteiger partial charge in [-0.05, 0) is 103 Å². The molecule has 0 spiro atoms. The molecule has 20 nitrogen and oxygen atoms in total. The summed E-state index contributed by atoms with van der Waals surface area (Å²) < 4.78 is 218. The van der Waals surface area contributed by atoms with Crippen LogP contribution in [0.15, 0.2) is 115 Å². The van der Waals surface area contributed by atoms with Crippen LogP contribution in [-0.2, 0) is 37.1 Å². The van der Waals surface area contributed by atoms with Crippen molar-refractivity contribution >= 4 is 46.9 Å². The number of nitriles is 1. The quantitative estimate of drug-likeness (QED) is 0.0318. The second-order valence-electron chi connectivity index (χ2n) is 15.4. The molecule has 0 radical (unpaired) electrons. The van der Waals surface area contributed by atoms with E-state index in [0.717, 1.165) is 54.6 Å². The number of carboxylic acids is 5. The number of nitro groups is 2. The van der Waals surface area contributed by atoms with Crippen molar-refractivity contribution in [3.63, 3.8) is 0 Å². The van der Waals surface area contributed by atoms with Gasteiger partial charge in [-0.15, -0.1) is 0 Å². The summed E-state index contributed by atoms with van der Waals surface area (Å²) in [4.78, 5) is 70.2. The fourth-order valence-electron chi connectivity index (χ4n) is 5.60. The number of nitrogens with zero attached hydrogens (tertiary/aromatic N) is 3. The van der Waals surface area contributed by atoms with E-state index in [1.54, 1.807) is 6.07 Å². The summed E-state index contributed by atoms with van der Waals surface area (Å²) in [6.07, 6.45) is -27.9. The van der Waals surface area contributed by atoms with E-state index < -0.39 is 155 Å². The number of nitrogens with two attached hydrogens (primary N) is 1. The van der Waals surface area contributed by atoms with Gasteiger partial charge in [-0.3, -0.25) is 20.2 Å². The van der Waals surface area contributed by atoms with E-state index in [1.807, 2.05) is 0 Å². The standard InChI is InChI=1S/2C8H4F3NO4.C8H6F3NO2.C8H4F3NO.C8H5F3O3.C8H5F3O2/c9-8(10,11)4-1-2-5(7(13)14)6(3-4)12(15)16;9-8(10,11)5-2-1-4(7(13)14)3-6(5)12(15)16;9-8(10,11)5-2-1-4(7(13)14)3-6(5)12;9-8(10,11)6-2-1-5(4-12)3-7(6)13;9-8(10,11)5-2-1-4(7(13)14)3-6(5)12;9-8(10,11)6-3-1-5(2-4-6)7(12)13/h2*1-3H,(H,13,14);1-3H,12H2,(H,13,14);1-3,13H;1-3,12H,(H,13,14);1-4H,(H,12,13). The average molecular weight is 1260 g/mol. The molecular formula is C48H28F18N4O16. The lowest BCUT2D eigenvalue weighted by Crippen LogP contribution is -2.10. The Morgan fingerprint density at radius 1 is 0.395 bits per heavy atom. The zero-order valence-corrected chi connectivity index (χ0v) is 41.0. The van der Waals surface area contributed by atoms with Crippen LogP contribution in [0.1, 0.15) is 90.7 Å². The predicted octanol–water partition coefficient (Wildman–Crippen LogP) is 13.4. The number of hydrogen-bond acceptors (Lipinski definition) is 13. The van der Waals surface area contributed by atoms with Crippen molar-refractivity contribution in [1.29, 1.82) is 5.26 Å². The first-order chi connectivity index (χ1) is 39.0. The van der Waals surface area contributed by atoms with Crippen molar-refractivity contribution in [1.82, 2.24) is 0 Å². The smallest absolute Gasteiger partial charge is 0.422 e. The molecule has 0 bridgehead atoms. The number of carboxylic acid groups (broad SMARTS) is 5. The molecule has 6 aromatic carbocycles. The summed E-state index contributed by atoms with van der Waals surface area (Å²) in [5, 5.41) is 89.1. The van der Waals surface area contributed by atoms with Gasteiger partial charge in [-0.25, -0.2) is 24.0 Å². The Hall–Kier alpha value is -10.9.